The molecule has 1 unspecified atom stereocenters. The van der Waals surface area contributed by atoms with Crippen molar-refractivity contribution in [1.82, 2.24) is 0 Å². The third-order valence-electron chi connectivity index (χ3n) is 10.4. The minimum atomic E-state index is -0.848. The van der Waals surface area contributed by atoms with Gasteiger partial charge < -0.3 is 14.2 Å². The predicted octanol–water partition coefficient (Wildman–Crippen LogP) is 16.4. The lowest BCUT2D eigenvalue weighted by Crippen LogP contribution is -2.30. The van der Waals surface area contributed by atoms with E-state index in [1.807, 2.05) is 12.2 Å². The first kappa shape index (κ1) is 57.6. The van der Waals surface area contributed by atoms with Gasteiger partial charge >= 0.3 is 17.9 Å². The minimum Gasteiger partial charge on any atom is -0.462 e. The summed E-state index contributed by atoms with van der Waals surface area (Å²) in [5.74, 6) is -1.13. The van der Waals surface area contributed by atoms with Gasteiger partial charge in [-0.15, -0.1) is 0 Å². The van der Waals surface area contributed by atoms with Gasteiger partial charge in [0.05, 0.1) is 0 Å². The van der Waals surface area contributed by atoms with Crippen LogP contribution in [0.3, 0.4) is 0 Å². The molecule has 0 aliphatic carbocycles. The molecule has 0 amide bonds. The monoisotopic (exact) mass is 849 g/mol. The van der Waals surface area contributed by atoms with E-state index in [9.17, 15) is 14.4 Å². The van der Waals surface area contributed by atoms with Gasteiger partial charge in [0, 0.05) is 19.3 Å². The van der Waals surface area contributed by atoms with E-state index in [4.69, 9.17) is 14.2 Å². The molecule has 0 heterocycles. The lowest BCUT2D eigenvalue weighted by molar-refractivity contribution is -0.166. The smallest absolute Gasteiger partial charge is 0.306 e. The first-order chi connectivity index (χ1) is 30.0. The molecule has 0 aromatic carbocycles. The van der Waals surface area contributed by atoms with Crippen LogP contribution in [0.15, 0.2) is 85.1 Å². The van der Waals surface area contributed by atoms with Crippen LogP contribution < -0.4 is 0 Å². The SMILES string of the molecule is CCCCCCCC/C=C\C/C=C\C/C=C\CCCC(=O)OCC(COC(=O)CC/C=C\C/C=C\CCCCCCCC)OC(=O)CC/C=C\C/C=C\CCCCCCCC. The van der Waals surface area contributed by atoms with Gasteiger partial charge in [0.25, 0.3) is 0 Å². The third-order valence-corrected chi connectivity index (χ3v) is 10.4. The van der Waals surface area contributed by atoms with Crippen LogP contribution in [0.4, 0.5) is 0 Å². The van der Waals surface area contributed by atoms with Crippen molar-refractivity contribution in [3.05, 3.63) is 85.1 Å². The van der Waals surface area contributed by atoms with Crippen LogP contribution in [0.1, 0.15) is 226 Å². The van der Waals surface area contributed by atoms with Gasteiger partial charge in [-0.1, -0.05) is 202 Å². The fourth-order valence-corrected chi connectivity index (χ4v) is 6.56. The molecule has 0 aliphatic heterocycles. The summed E-state index contributed by atoms with van der Waals surface area (Å²) in [5, 5.41) is 0. The van der Waals surface area contributed by atoms with E-state index in [1.54, 1.807) is 0 Å². The van der Waals surface area contributed by atoms with Crippen LogP contribution in [-0.4, -0.2) is 37.2 Å². The normalized spacial score (nSPS) is 12.8. The van der Waals surface area contributed by atoms with Crippen molar-refractivity contribution in [1.29, 1.82) is 0 Å². The molecule has 348 valence electrons. The zero-order valence-corrected chi connectivity index (χ0v) is 39.7. The second-order valence-electron chi connectivity index (χ2n) is 16.4. The number of hydrogen-bond acceptors (Lipinski definition) is 6. The summed E-state index contributed by atoms with van der Waals surface area (Å²) in [7, 11) is 0. The van der Waals surface area contributed by atoms with Crippen molar-refractivity contribution in [3.8, 4) is 0 Å². The first-order valence-electron chi connectivity index (χ1n) is 25.1. The highest BCUT2D eigenvalue weighted by molar-refractivity contribution is 5.71. The van der Waals surface area contributed by atoms with Gasteiger partial charge in [-0.2, -0.15) is 0 Å². The van der Waals surface area contributed by atoms with Crippen LogP contribution in [0.2, 0.25) is 0 Å². The molecule has 0 N–H and O–H groups in total. The Hall–Kier alpha value is -3.41. The Labute approximate surface area is 375 Å². The highest BCUT2D eigenvalue weighted by Gasteiger charge is 2.19. The number of rotatable bonds is 44. The first-order valence-corrected chi connectivity index (χ1v) is 25.1. The molecule has 1 atom stereocenters. The quantitative estimate of drug-likeness (QED) is 0.0263. The lowest BCUT2D eigenvalue weighted by atomic mass is 10.1. The Morgan fingerprint density at radius 1 is 0.328 bits per heavy atom. The Morgan fingerprint density at radius 2 is 0.623 bits per heavy atom. The molecule has 6 heteroatoms. The average molecular weight is 849 g/mol. The number of esters is 3. The Kier molecular flexibility index (Phi) is 46.5. The fourth-order valence-electron chi connectivity index (χ4n) is 6.56. The largest absolute Gasteiger partial charge is 0.462 e. The summed E-state index contributed by atoms with van der Waals surface area (Å²) in [6.07, 6.45) is 63.1. The van der Waals surface area contributed by atoms with Crippen molar-refractivity contribution >= 4 is 17.9 Å². The number of allylic oxidation sites excluding steroid dienone is 14. The van der Waals surface area contributed by atoms with Crippen molar-refractivity contribution in [2.75, 3.05) is 13.2 Å². The summed E-state index contributed by atoms with van der Waals surface area (Å²) in [4.78, 5) is 37.8. The van der Waals surface area contributed by atoms with Crippen LogP contribution in [0, 0.1) is 0 Å². The zero-order valence-electron chi connectivity index (χ0n) is 39.7. The molecular weight excluding hydrogens is 757 g/mol. The van der Waals surface area contributed by atoms with Crippen LogP contribution in [0.25, 0.3) is 0 Å². The van der Waals surface area contributed by atoms with E-state index >= 15 is 0 Å². The van der Waals surface area contributed by atoms with Crippen LogP contribution in [-0.2, 0) is 28.6 Å². The van der Waals surface area contributed by atoms with E-state index in [0.717, 1.165) is 44.9 Å². The summed E-state index contributed by atoms with van der Waals surface area (Å²) in [6, 6.07) is 0. The third kappa shape index (κ3) is 47.5. The predicted molar refractivity (Wildman–Crippen MR) is 261 cm³/mol. The van der Waals surface area contributed by atoms with E-state index in [-0.39, 0.29) is 44.4 Å². The second kappa shape index (κ2) is 49.2. The zero-order chi connectivity index (χ0) is 44.4. The maximum atomic E-state index is 12.7. The molecule has 61 heavy (non-hydrogen) atoms. The number of carbonyl (C=O) groups excluding carboxylic acids is 3. The number of unbranched alkanes of at least 4 members (excludes halogenated alkanes) is 19. The Balaban J connectivity index is 4.58. The molecule has 0 spiro atoms. The minimum absolute atomic E-state index is 0.143. The van der Waals surface area contributed by atoms with Crippen molar-refractivity contribution in [2.24, 2.45) is 0 Å². The highest BCUT2D eigenvalue weighted by Crippen LogP contribution is 2.11. The maximum Gasteiger partial charge on any atom is 0.306 e. The van der Waals surface area contributed by atoms with Gasteiger partial charge in [-0.25, -0.2) is 0 Å². The van der Waals surface area contributed by atoms with Gasteiger partial charge in [0.1, 0.15) is 13.2 Å². The van der Waals surface area contributed by atoms with Crippen molar-refractivity contribution in [2.45, 2.75) is 232 Å². The van der Waals surface area contributed by atoms with Crippen molar-refractivity contribution < 1.29 is 28.6 Å². The molecule has 0 aliphatic rings. The second-order valence-corrected chi connectivity index (χ2v) is 16.4. The van der Waals surface area contributed by atoms with Crippen molar-refractivity contribution in [3.63, 3.8) is 0 Å². The molecule has 0 bridgehead atoms. The molecule has 0 saturated heterocycles. The standard InChI is InChI=1S/C55H92O6/c1-4-7-10-13-16-19-22-25-26-27-28-31-33-36-39-42-45-48-54(57)60-51-52(61-55(58)49-46-43-40-37-34-30-24-21-18-15-12-9-6-3)50-59-53(56)47-44-41-38-35-32-29-23-20-17-14-11-8-5-2/h25-26,28-32,34,36,38-41,43,52H,4-24,27,33,35,37,42,44-51H2,1-3H3/b26-25-,31-28-,32-29-,34-30-,39-36-,41-38-,43-40-. The van der Waals surface area contributed by atoms with Crippen LogP contribution in [0.5, 0.6) is 0 Å². The number of ether oxygens (including phenoxy) is 3. The van der Waals surface area contributed by atoms with Gasteiger partial charge in [-0.3, -0.25) is 14.4 Å². The number of carbonyl (C=O) groups is 3. The summed E-state index contributed by atoms with van der Waals surface area (Å²) in [6.45, 7) is 6.45. The maximum absolute atomic E-state index is 12.7. The molecule has 0 rings (SSSR count). The molecular formula is C55H92O6. The van der Waals surface area contributed by atoms with Gasteiger partial charge in [0.15, 0.2) is 6.10 Å². The average Bonchev–Trinajstić information content (AvgIpc) is 3.26. The number of hydrogen-bond donors (Lipinski definition) is 0. The summed E-state index contributed by atoms with van der Waals surface area (Å²) < 4.78 is 16.6. The lowest BCUT2D eigenvalue weighted by Gasteiger charge is -2.18. The molecule has 0 aromatic heterocycles. The molecule has 0 radical (unpaired) electrons. The highest BCUT2D eigenvalue weighted by atomic mass is 16.6. The van der Waals surface area contributed by atoms with E-state index in [0.29, 0.717) is 19.3 Å². The topological polar surface area (TPSA) is 78.9 Å². The summed E-state index contributed by atoms with van der Waals surface area (Å²) in [5.41, 5.74) is 0. The molecule has 6 nitrogen and oxygen atoms in total. The van der Waals surface area contributed by atoms with E-state index < -0.39 is 12.1 Å². The van der Waals surface area contributed by atoms with Gasteiger partial charge in [-0.05, 0) is 89.9 Å². The molecule has 0 saturated carbocycles. The van der Waals surface area contributed by atoms with E-state index in [2.05, 4.69) is 93.7 Å². The van der Waals surface area contributed by atoms with E-state index in [1.165, 1.54) is 122 Å². The summed E-state index contributed by atoms with van der Waals surface area (Å²) >= 11 is 0. The van der Waals surface area contributed by atoms with Gasteiger partial charge in [0.2, 0.25) is 0 Å². The van der Waals surface area contributed by atoms with Crippen LogP contribution >= 0.6 is 0 Å². The Morgan fingerprint density at radius 3 is 1.02 bits per heavy atom. The molecule has 0 aromatic rings. The fraction of sp³-hybridized carbons (Fsp3) is 0.691. The Bertz CT molecular complexity index is 1200. The molecule has 0 fully saturated rings.